The Labute approximate surface area is 182 Å². The summed E-state index contributed by atoms with van der Waals surface area (Å²) in [5.74, 6) is -0.120. The number of carbonyl (C=O) groups excluding carboxylic acids is 1. The number of benzene rings is 3. The quantitative estimate of drug-likeness (QED) is 0.475. The first kappa shape index (κ1) is 20.6. The first-order valence-corrected chi connectivity index (χ1v) is 10.4. The van der Waals surface area contributed by atoms with Gasteiger partial charge in [-0.3, -0.25) is 9.59 Å². The van der Waals surface area contributed by atoms with Gasteiger partial charge in [0.15, 0.2) is 0 Å². The molecule has 4 heteroatoms. The zero-order valence-corrected chi connectivity index (χ0v) is 18.3. The molecule has 3 aromatic carbocycles. The Morgan fingerprint density at radius 3 is 2.29 bits per heavy atom. The Morgan fingerprint density at radius 1 is 0.806 bits per heavy atom. The number of pyridine rings is 1. The van der Waals surface area contributed by atoms with Gasteiger partial charge in [-0.25, -0.2) is 0 Å². The van der Waals surface area contributed by atoms with Crippen molar-refractivity contribution < 1.29 is 4.79 Å². The SMILES string of the molecule is Cc1ccc(N(Cc2cc3cccc(C)c3[nH]c2=O)C(=O)c2ccccc2C)cc1C. The number of rotatable bonds is 4. The van der Waals surface area contributed by atoms with Gasteiger partial charge >= 0.3 is 0 Å². The van der Waals surface area contributed by atoms with Crippen molar-refractivity contribution >= 4 is 22.5 Å². The van der Waals surface area contributed by atoms with E-state index in [0.29, 0.717) is 11.1 Å². The van der Waals surface area contributed by atoms with Crippen LogP contribution < -0.4 is 10.5 Å². The summed E-state index contributed by atoms with van der Waals surface area (Å²) in [6, 6.07) is 21.3. The van der Waals surface area contributed by atoms with E-state index in [1.54, 1.807) is 4.90 Å². The first-order valence-electron chi connectivity index (χ1n) is 10.4. The van der Waals surface area contributed by atoms with Gasteiger partial charge in [-0.2, -0.15) is 0 Å². The zero-order valence-electron chi connectivity index (χ0n) is 18.3. The van der Waals surface area contributed by atoms with Crippen LogP contribution in [0.2, 0.25) is 0 Å². The second-order valence-corrected chi connectivity index (χ2v) is 8.14. The van der Waals surface area contributed by atoms with E-state index in [9.17, 15) is 9.59 Å². The van der Waals surface area contributed by atoms with Gasteiger partial charge in [0.05, 0.1) is 12.1 Å². The molecule has 156 valence electrons. The second-order valence-electron chi connectivity index (χ2n) is 8.14. The smallest absolute Gasteiger partial charge is 0.258 e. The Kier molecular flexibility index (Phi) is 5.47. The molecule has 31 heavy (non-hydrogen) atoms. The average molecular weight is 411 g/mol. The van der Waals surface area contributed by atoms with E-state index in [-0.39, 0.29) is 18.0 Å². The normalized spacial score (nSPS) is 11.0. The lowest BCUT2D eigenvalue weighted by Crippen LogP contribution is -2.33. The van der Waals surface area contributed by atoms with Crippen LogP contribution in [-0.4, -0.2) is 10.9 Å². The summed E-state index contributed by atoms with van der Waals surface area (Å²) in [6.07, 6.45) is 0. The lowest BCUT2D eigenvalue weighted by Gasteiger charge is -2.24. The number of para-hydroxylation sites is 1. The summed E-state index contributed by atoms with van der Waals surface area (Å²) in [5.41, 5.74) is 6.81. The van der Waals surface area contributed by atoms with Crippen LogP contribution in [0.3, 0.4) is 0 Å². The van der Waals surface area contributed by atoms with E-state index in [2.05, 4.69) is 4.98 Å². The molecule has 0 aliphatic rings. The van der Waals surface area contributed by atoms with Gasteiger partial charge in [-0.1, -0.05) is 42.5 Å². The third kappa shape index (κ3) is 4.02. The van der Waals surface area contributed by atoms with Crippen molar-refractivity contribution in [3.63, 3.8) is 0 Å². The fourth-order valence-electron chi connectivity index (χ4n) is 3.85. The molecule has 0 aliphatic carbocycles. The monoisotopic (exact) mass is 410 g/mol. The van der Waals surface area contributed by atoms with Crippen molar-refractivity contribution in [2.45, 2.75) is 34.2 Å². The van der Waals surface area contributed by atoms with Gasteiger partial charge in [0, 0.05) is 16.8 Å². The number of nitrogens with one attached hydrogen (secondary N) is 1. The number of hydrogen-bond acceptors (Lipinski definition) is 2. The fourth-order valence-corrected chi connectivity index (χ4v) is 3.85. The minimum Gasteiger partial charge on any atom is -0.321 e. The zero-order chi connectivity index (χ0) is 22.1. The minimum atomic E-state index is -0.173. The van der Waals surface area contributed by atoms with E-state index in [1.807, 2.05) is 94.4 Å². The molecule has 1 amide bonds. The number of aromatic amines is 1. The molecule has 1 heterocycles. The maximum atomic E-state index is 13.6. The van der Waals surface area contributed by atoms with Crippen LogP contribution in [0.25, 0.3) is 10.9 Å². The largest absolute Gasteiger partial charge is 0.321 e. The molecule has 1 N–H and O–H groups in total. The van der Waals surface area contributed by atoms with Crippen molar-refractivity contribution in [2.24, 2.45) is 0 Å². The molecule has 4 nitrogen and oxygen atoms in total. The summed E-state index contributed by atoms with van der Waals surface area (Å²) in [6.45, 7) is 8.16. The lowest BCUT2D eigenvalue weighted by atomic mass is 10.0. The average Bonchev–Trinajstić information content (AvgIpc) is 2.75. The van der Waals surface area contributed by atoms with Crippen molar-refractivity contribution in [1.82, 2.24) is 4.98 Å². The van der Waals surface area contributed by atoms with Gasteiger partial charge < -0.3 is 9.88 Å². The van der Waals surface area contributed by atoms with E-state index >= 15 is 0 Å². The van der Waals surface area contributed by atoms with Crippen LogP contribution in [0.15, 0.2) is 71.5 Å². The number of carbonyl (C=O) groups is 1. The molecule has 4 rings (SSSR count). The number of aryl methyl sites for hydroxylation is 4. The highest BCUT2D eigenvalue weighted by molar-refractivity contribution is 6.07. The van der Waals surface area contributed by atoms with Crippen molar-refractivity contribution in [3.05, 3.63) is 110 Å². The molecule has 0 unspecified atom stereocenters. The Balaban J connectivity index is 1.83. The second kappa shape index (κ2) is 8.23. The molecule has 0 saturated heterocycles. The number of aromatic nitrogens is 1. The van der Waals surface area contributed by atoms with Crippen molar-refractivity contribution in [3.8, 4) is 0 Å². The van der Waals surface area contributed by atoms with Gasteiger partial charge in [-0.05, 0) is 79.6 Å². The maximum absolute atomic E-state index is 13.6. The van der Waals surface area contributed by atoms with Crippen LogP contribution in [-0.2, 0) is 6.54 Å². The molecule has 0 bridgehead atoms. The summed E-state index contributed by atoms with van der Waals surface area (Å²) in [7, 11) is 0. The third-order valence-electron chi connectivity index (χ3n) is 5.92. The Hall–Kier alpha value is -3.66. The van der Waals surface area contributed by atoms with Crippen molar-refractivity contribution in [1.29, 1.82) is 0 Å². The Morgan fingerprint density at radius 2 is 1.55 bits per heavy atom. The third-order valence-corrected chi connectivity index (χ3v) is 5.92. The van der Waals surface area contributed by atoms with E-state index in [0.717, 1.165) is 38.8 Å². The van der Waals surface area contributed by atoms with Crippen LogP contribution in [0.5, 0.6) is 0 Å². The molecular weight excluding hydrogens is 384 g/mol. The molecule has 0 atom stereocenters. The summed E-state index contributed by atoms with van der Waals surface area (Å²) in [4.78, 5) is 31.2. The van der Waals surface area contributed by atoms with Gasteiger partial charge in [0.1, 0.15) is 0 Å². The predicted octanol–water partition coefficient (Wildman–Crippen LogP) is 5.61. The number of anilines is 1. The molecular formula is C27H26N2O2. The molecule has 1 aromatic heterocycles. The topological polar surface area (TPSA) is 53.2 Å². The lowest BCUT2D eigenvalue weighted by molar-refractivity contribution is 0.0984. The van der Waals surface area contributed by atoms with E-state index in [1.165, 1.54) is 0 Å². The van der Waals surface area contributed by atoms with Crippen molar-refractivity contribution in [2.75, 3.05) is 4.90 Å². The highest BCUT2D eigenvalue weighted by atomic mass is 16.2. The Bertz CT molecular complexity index is 1350. The van der Waals surface area contributed by atoms with Gasteiger partial charge in [-0.15, -0.1) is 0 Å². The molecule has 0 spiro atoms. The van der Waals surface area contributed by atoms with Crippen LogP contribution in [0, 0.1) is 27.7 Å². The minimum absolute atomic E-state index is 0.120. The fraction of sp³-hybridized carbons (Fsp3) is 0.185. The number of fused-ring (bicyclic) bond motifs is 1. The standard InChI is InChI=1S/C27H26N2O2/c1-17-12-13-23(14-20(17)4)29(27(31)24-11-6-5-8-18(24)2)16-22-15-21-10-7-9-19(3)25(21)28-26(22)30/h5-15H,16H2,1-4H3,(H,28,30). The summed E-state index contributed by atoms with van der Waals surface area (Å²) >= 11 is 0. The van der Waals surface area contributed by atoms with Crippen LogP contribution in [0.1, 0.15) is 38.2 Å². The summed E-state index contributed by atoms with van der Waals surface area (Å²) in [5, 5.41) is 0.956. The van der Waals surface area contributed by atoms with E-state index < -0.39 is 0 Å². The number of nitrogens with zero attached hydrogens (tertiary/aromatic N) is 1. The molecule has 4 aromatic rings. The first-order chi connectivity index (χ1) is 14.8. The van der Waals surface area contributed by atoms with Crippen LogP contribution >= 0.6 is 0 Å². The van der Waals surface area contributed by atoms with Gasteiger partial charge in [0.2, 0.25) is 0 Å². The number of amides is 1. The summed E-state index contributed by atoms with van der Waals surface area (Å²) < 4.78 is 0. The molecule has 0 radical (unpaired) electrons. The molecule has 0 saturated carbocycles. The van der Waals surface area contributed by atoms with Crippen LogP contribution in [0.4, 0.5) is 5.69 Å². The number of H-pyrrole nitrogens is 1. The highest BCUT2D eigenvalue weighted by Crippen LogP contribution is 2.24. The molecule has 0 aliphatic heterocycles. The van der Waals surface area contributed by atoms with Gasteiger partial charge in [0.25, 0.3) is 11.5 Å². The predicted molar refractivity (Wildman–Crippen MR) is 127 cm³/mol. The molecule has 0 fully saturated rings. The van der Waals surface area contributed by atoms with E-state index in [4.69, 9.17) is 0 Å². The highest BCUT2D eigenvalue weighted by Gasteiger charge is 2.21. The maximum Gasteiger partial charge on any atom is 0.258 e. The number of hydrogen-bond donors (Lipinski definition) is 1.